The maximum Gasteiger partial charge on any atom is 0.251 e. The van der Waals surface area contributed by atoms with E-state index in [9.17, 15) is 4.79 Å². The number of likely N-dealkylation sites (tertiary alicyclic amines) is 1. The fourth-order valence-corrected chi connectivity index (χ4v) is 11.2. The van der Waals surface area contributed by atoms with Crippen molar-refractivity contribution in [3.8, 4) is 33.8 Å². The first-order valence-electron chi connectivity index (χ1n) is 34.4. The molecular weight excluding hydrogens is 1260 g/mol. The second-order valence-corrected chi connectivity index (χ2v) is 26.0. The number of nitrogens with zero attached hydrogens (tertiary/aromatic N) is 6. The van der Waals surface area contributed by atoms with Gasteiger partial charge in [0.25, 0.3) is 5.91 Å². The molecule has 8 aromatic rings. The van der Waals surface area contributed by atoms with Gasteiger partial charge in [0.15, 0.2) is 0 Å². The molecule has 20 heteroatoms. The van der Waals surface area contributed by atoms with Crippen LogP contribution in [0.15, 0.2) is 188 Å². The van der Waals surface area contributed by atoms with Gasteiger partial charge in [-0.15, -0.1) is 0 Å². The van der Waals surface area contributed by atoms with Gasteiger partial charge < -0.3 is 78.1 Å². The fourth-order valence-electron chi connectivity index (χ4n) is 11.0. The molecule has 0 radical (unpaired) electrons. The number of anilines is 6. The van der Waals surface area contributed by atoms with Crippen molar-refractivity contribution in [1.82, 2.24) is 34.7 Å². The van der Waals surface area contributed by atoms with Gasteiger partial charge >= 0.3 is 0 Å². The molecule has 4 aliphatic rings. The Morgan fingerprint density at radius 3 is 1.40 bits per heavy atom. The van der Waals surface area contributed by atoms with E-state index >= 15 is 0 Å². The molecule has 19 nitrogen and oxygen atoms in total. The number of hydrogen-bond acceptors (Lipinski definition) is 18. The van der Waals surface area contributed by atoms with Gasteiger partial charge in [0.2, 0.25) is 0 Å². The molecule has 4 saturated heterocycles. The molecule has 532 valence electrons. The minimum absolute atomic E-state index is 0.0525. The van der Waals surface area contributed by atoms with Crippen LogP contribution in [0.5, 0.6) is 11.5 Å². The molecule has 4 fully saturated rings. The van der Waals surface area contributed by atoms with Crippen LogP contribution in [0.25, 0.3) is 22.3 Å². The van der Waals surface area contributed by atoms with E-state index in [0.29, 0.717) is 35.1 Å². The van der Waals surface area contributed by atoms with Crippen molar-refractivity contribution >= 4 is 51.6 Å². The number of nitrogens with one attached hydrogen (secondary N) is 1. The molecule has 0 spiro atoms. The highest BCUT2D eigenvalue weighted by molar-refractivity contribution is 6.32. The number of nitrogens with two attached hydrogens (primary N) is 6. The third-order valence-corrected chi connectivity index (χ3v) is 17.0. The topological polar surface area (TPSA) is 251 Å². The monoisotopic (exact) mass is 1370 g/mol. The SMILES string of the molecule is CN(C)Cc1ccc(-c2ccc(N)cc2)cc1.CN(C)Cc1cccc(-c2ccc(N)cc2)c1.CN1CCC(Oc2ccc(N)cc2Cl)CC1.Nc1ccc(C(=O)NCCN2CCOCC2)cc1.Nc1ccc(CCN2CCOCC2)cc1.Nc1ccc(OCCN2CCOCC2)cc1. The van der Waals surface area contributed by atoms with Gasteiger partial charge in [0, 0.05) is 131 Å². The van der Waals surface area contributed by atoms with Gasteiger partial charge in [-0.1, -0.05) is 90.5 Å². The summed E-state index contributed by atoms with van der Waals surface area (Å²) in [6.45, 7) is 19.4. The molecule has 4 aliphatic heterocycles. The molecule has 1 amide bonds. The van der Waals surface area contributed by atoms with Crippen LogP contribution in [0.1, 0.15) is 39.9 Å². The lowest BCUT2D eigenvalue weighted by Crippen LogP contribution is -2.41. The quantitative estimate of drug-likeness (QED) is 0.0372. The van der Waals surface area contributed by atoms with Gasteiger partial charge in [-0.3, -0.25) is 19.5 Å². The second kappa shape index (κ2) is 43.2. The number of ether oxygens (including phenoxy) is 5. The Labute approximate surface area is 593 Å². The van der Waals surface area contributed by atoms with Crippen molar-refractivity contribution in [1.29, 1.82) is 0 Å². The molecule has 13 N–H and O–H groups in total. The average molecular weight is 1370 g/mol. The number of carbonyl (C=O) groups is 1. The van der Waals surface area contributed by atoms with Crippen molar-refractivity contribution in [2.45, 2.75) is 38.5 Å². The number of piperidine rings is 1. The normalized spacial score (nSPS) is 15.2. The van der Waals surface area contributed by atoms with E-state index in [-0.39, 0.29) is 12.0 Å². The fraction of sp³-hybridized carbons (Fsp3) is 0.380. The molecule has 99 heavy (non-hydrogen) atoms. The smallest absolute Gasteiger partial charge is 0.251 e. The number of hydrogen-bond donors (Lipinski definition) is 7. The van der Waals surface area contributed by atoms with E-state index in [4.69, 9.17) is 69.7 Å². The van der Waals surface area contributed by atoms with E-state index < -0.39 is 0 Å². The number of carbonyl (C=O) groups excluding carboxylic acids is 1. The number of benzene rings is 8. The van der Waals surface area contributed by atoms with E-state index in [1.165, 1.54) is 38.9 Å². The van der Waals surface area contributed by atoms with E-state index in [0.717, 1.165) is 178 Å². The van der Waals surface area contributed by atoms with E-state index in [1.807, 2.05) is 72.8 Å². The largest absolute Gasteiger partial charge is 0.492 e. The molecule has 0 unspecified atom stereocenters. The lowest BCUT2D eigenvalue weighted by Gasteiger charge is -2.29. The van der Waals surface area contributed by atoms with Crippen LogP contribution in [-0.2, 0) is 33.7 Å². The van der Waals surface area contributed by atoms with Crippen LogP contribution in [-0.4, -0.2) is 201 Å². The maximum atomic E-state index is 11.8. The van der Waals surface area contributed by atoms with Crippen LogP contribution in [0, 0.1) is 0 Å². The first-order valence-corrected chi connectivity index (χ1v) is 34.7. The Hall–Kier alpha value is -8.44. The zero-order valence-corrected chi connectivity index (χ0v) is 59.7. The molecule has 4 heterocycles. The third-order valence-electron chi connectivity index (χ3n) is 16.7. The number of halogens is 1. The standard InChI is InChI=1S/2C15H18N2.C13H19N3O2.C12H17ClN2O.C12H18N2O2.C12H18N2O/c1-17(2)11-12-3-5-13(6-4-12)14-7-9-15(16)10-8-14;1-17(2)11-12-4-3-5-14(10-12)13-6-8-15(16)9-7-13;14-12-3-1-11(2-4-12)13(17)15-5-6-16-7-9-18-10-8-16;1-15-6-4-10(5-7-15)16-12-3-2-9(14)8-11(12)13;13-11-1-3-12(4-2-11)16-10-7-14-5-8-15-9-6-14;13-12-3-1-11(2-4-12)5-6-14-7-9-15-10-8-14/h2*3-10H,11,16H2,1-2H3;1-4H,5-10,14H2,(H,15,17);2-3,8,10H,4-7,14H2,1H3;1-4H,5-10,13H2;1-4H,5-10,13H2. The highest BCUT2D eigenvalue weighted by atomic mass is 35.5. The Bertz CT molecular complexity index is 3510. The summed E-state index contributed by atoms with van der Waals surface area (Å²) in [5.41, 5.74) is 47.9. The number of nitrogen functional groups attached to an aromatic ring is 6. The highest BCUT2D eigenvalue weighted by Crippen LogP contribution is 2.29. The molecule has 0 atom stereocenters. The van der Waals surface area contributed by atoms with Crippen molar-refractivity contribution in [3.63, 3.8) is 0 Å². The Morgan fingerprint density at radius 2 is 0.899 bits per heavy atom. The number of amides is 1. The van der Waals surface area contributed by atoms with Crippen molar-refractivity contribution in [3.05, 3.63) is 215 Å². The summed E-state index contributed by atoms with van der Waals surface area (Å²) in [6.07, 6.45) is 3.48. The minimum Gasteiger partial charge on any atom is -0.492 e. The lowest BCUT2D eigenvalue weighted by molar-refractivity contribution is 0.0322. The third kappa shape index (κ3) is 30.7. The van der Waals surface area contributed by atoms with Crippen LogP contribution in [0.4, 0.5) is 34.1 Å². The van der Waals surface area contributed by atoms with Crippen molar-refractivity contribution in [2.75, 3.05) is 194 Å². The Balaban J connectivity index is 0.000000167. The van der Waals surface area contributed by atoms with Crippen molar-refractivity contribution in [2.24, 2.45) is 0 Å². The van der Waals surface area contributed by atoms with Gasteiger partial charge in [-0.25, -0.2) is 0 Å². The first kappa shape index (κ1) is 77.9. The summed E-state index contributed by atoms with van der Waals surface area (Å²) in [5.74, 6) is 1.57. The van der Waals surface area contributed by atoms with E-state index in [1.54, 1.807) is 30.3 Å². The highest BCUT2D eigenvalue weighted by Gasteiger charge is 2.19. The maximum absolute atomic E-state index is 11.8. The molecule has 0 aliphatic carbocycles. The zero-order valence-electron chi connectivity index (χ0n) is 58.9. The average Bonchev–Trinajstić information content (AvgIpc) is 0.910. The zero-order chi connectivity index (χ0) is 70.6. The Morgan fingerprint density at radius 1 is 0.475 bits per heavy atom. The van der Waals surface area contributed by atoms with Crippen molar-refractivity contribution < 1.29 is 28.5 Å². The minimum atomic E-state index is -0.0525. The molecule has 0 aromatic heterocycles. The summed E-state index contributed by atoms with van der Waals surface area (Å²) in [4.78, 5) is 25.5. The summed E-state index contributed by atoms with van der Waals surface area (Å²) in [6, 6.07) is 61.2. The predicted octanol–water partition coefficient (Wildman–Crippen LogP) is 10.8. The van der Waals surface area contributed by atoms with Gasteiger partial charge in [-0.2, -0.15) is 0 Å². The van der Waals surface area contributed by atoms with Gasteiger partial charge in [0.05, 0.1) is 44.7 Å². The van der Waals surface area contributed by atoms with Crippen LogP contribution in [0.3, 0.4) is 0 Å². The molecule has 0 bridgehead atoms. The molecule has 8 aromatic carbocycles. The summed E-state index contributed by atoms with van der Waals surface area (Å²) < 4.78 is 27.4. The second-order valence-electron chi connectivity index (χ2n) is 25.6. The molecule has 12 rings (SSSR count). The van der Waals surface area contributed by atoms with Crippen LogP contribution >= 0.6 is 11.6 Å². The molecular formula is C79H108ClN13O6. The number of morpholine rings is 3. The van der Waals surface area contributed by atoms with E-state index in [2.05, 4.69) is 155 Å². The first-order chi connectivity index (χ1) is 47.9. The lowest BCUT2D eigenvalue weighted by atomic mass is 10.0. The summed E-state index contributed by atoms with van der Waals surface area (Å²) in [7, 11) is 10.4. The summed E-state index contributed by atoms with van der Waals surface area (Å²) >= 11 is 6.06. The number of rotatable bonds is 19. The van der Waals surface area contributed by atoms with Gasteiger partial charge in [-0.05, 0) is 203 Å². The van der Waals surface area contributed by atoms with Gasteiger partial charge in [0.1, 0.15) is 24.2 Å². The summed E-state index contributed by atoms with van der Waals surface area (Å²) in [5, 5.41) is 3.50. The Kier molecular flexibility index (Phi) is 34.0. The molecule has 0 saturated carbocycles. The predicted molar refractivity (Wildman–Crippen MR) is 410 cm³/mol. The van der Waals surface area contributed by atoms with Crippen LogP contribution < -0.4 is 49.2 Å². The van der Waals surface area contributed by atoms with Crippen LogP contribution in [0.2, 0.25) is 5.02 Å².